The SMILES string of the molecule is Cc1cc(F)c(Br)cc1[N+]#N.F[B-](F)(F)F. The zero-order valence-corrected chi connectivity index (χ0v) is 9.48. The lowest BCUT2D eigenvalue weighted by molar-refractivity contribution is 0.368. The maximum absolute atomic E-state index is 12.7. The minimum Gasteiger partial charge on any atom is -0.418 e. The van der Waals surface area contributed by atoms with Crippen molar-refractivity contribution in [2.45, 2.75) is 6.92 Å². The molecule has 0 aliphatic carbocycles. The number of benzene rings is 1. The van der Waals surface area contributed by atoms with Crippen LogP contribution in [0.3, 0.4) is 0 Å². The van der Waals surface area contributed by atoms with E-state index < -0.39 is 7.25 Å². The first-order valence-corrected chi connectivity index (χ1v) is 4.62. The second-order valence-corrected chi connectivity index (χ2v) is 3.50. The molecule has 1 aromatic carbocycles. The van der Waals surface area contributed by atoms with Crippen molar-refractivity contribution in [3.8, 4) is 0 Å². The lowest BCUT2D eigenvalue weighted by Gasteiger charge is -1.94. The smallest absolute Gasteiger partial charge is 0.418 e. The van der Waals surface area contributed by atoms with Crippen LogP contribution in [0.1, 0.15) is 5.56 Å². The highest BCUT2D eigenvalue weighted by atomic mass is 79.9. The third-order valence-electron chi connectivity index (χ3n) is 1.35. The monoisotopic (exact) mass is 302 g/mol. The second-order valence-electron chi connectivity index (χ2n) is 2.65. The van der Waals surface area contributed by atoms with Gasteiger partial charge in [0.2, 0.25) is 5.39 Å². The zero-order valence-electron chi connectivity index (χ0n) is 7.89. The van der Waals surface area contributed by atoms with E-state index in [1.807, 2.05) is 0 Å². The average molecular weight is 303 g/mol. The Kier molecular flexibility index (Phi) is 5.37. The first-order valence-electron chi connectivity index (χ1n) is 3.83. The molecule has 0 radical (unpaired) electrons. The quantitative estimate of drug-likeness (QED) is 0.388. The molecule has 0 aromatic heterocycles. The van der Waals surface area contributed by atoms with Gasteiger partial charge in [-0.25, -0.2) is 4.39 Å². The van der Waals surface area contributed by atoms with E-state index in [2.05, 4.69) is 20.9 Å². The molecule has 0 spiro atoms. The van der Waals surface area contributed by atoms with Crippen molar-refractivity contribution in [1.29, 1.82) is 5.39 Å². The summed E-state index contributed by atoms with van der Waals surface area (Å²) in [5.41, 5.74) is 0.978. The lowest BCUT2D eigenvalue weighted by atomic mass is 10.2. The molecule has 0 aliphatic heterocycles. The normalized spacial score (nSPS) is 10.1. The van der Waals surface area contributed by atoms with E-state index in [4.69, 9.17) is 5.39 Å². The Hall–Kier alpha value is -1.17. The van der Waals surface area contributed by atoms with Crippen molar-refractivity contribution < 1.29 is 21.7 Å². The van der Waals surface area contributed by atoms with Gasteiger partial charge < -0.3 is 17.3 Å². The molecular formula is C7H5BBrF5N2. The fourth-order valence-corrected chi connectivity index (χ4v) is 1.07. The third-order valence-corrected chi connectivity index (χ3v) is 1.95. The van der Waals surface area contributed by atoms with Gasteiger partial charge in [-0.05, 0) is 28.9 Å². The molecule has 9 heteroatoms. The van der Waals surface area contributed by atoms with Gasteiger partial charge in [0.1, 0.15) is 5.82 Å². The third kappa shape index (κ3) is 6.34. The highest BCUT2D eigenvalue weighted by Gasteiger charge is 2.20. The van der Waals surface area contributed by atoms with Crippen LogP contribution in [0.5, 0.6) is 0 Å². The van der Waals surface area contributed by atoms with E-state index >= 15 is 0 Å². The minimum absolute atomic E-state index is 0.302. The predicted octanol–water partition coefficient (Wildman–Crippen LogP) is 4.68. The fraction of sp³-hybridized carbons (Fsp3) is 0.143. The summed E-state index contributed by atoms with van der Waals surface area (Å²) < 4.78 is 52.0. The number of aryl methyl sites for hydroxylation is 1. The van der Waals surface area contributed by atoms with Gasteiger partial charge in [-0.15, -0.1) is 0 Å². The summed E-state index contributed by atoms with van der Waals surface area (Å²) in [4.78, 5) is 2.98. The van der Waals surface area contributed by atoms with Crippen LogP contribution in [-0.2, 0) is 0 Å². The standard InChI is InChI=1S/C7H5BrFN2.BF4/c1-4-2-6(9)5(8)3-7(4)11-10;2-1(3,4)5/h2-3H,1H3;/q+1;-1. The van der Waals surface area contributed by atoms with Crippen LogP contribution in [0.4, 0.5) is 27.3 Å². The molecule has 0 saturated carbocycles. The number of halogens is 6. The van der Waals surface area contributed by atoms with Crippen LogP contribution >= 0.6 is 15.9 Å². The van der Waals surface area contributed by atoms with Crippen molar-refractivity contribution >= 4 is 28.9 Å². The van der Waals surface area contributed by atoms with Gasteiger partial charge >= 0.3 is 12.9 Å². The van der Waals surface area contributed by atoms with Gasteiger partial charge in [-0.2, -0.15) is 0 Å². The van der Waals surface area contributed by atoms with Gasteiger partial charge in [0, 0.05) is 5.56 Å². The Balaban J connectivity index is 0.000000385. The van der Waals surface area contributed by atoms with E-state index in [1.54, 1.807) is 6.92 Å². The Morgan fingerprint density at radius 2 is 1.69 bits per heavy atom. The number of hydrogen-bond acceptors (Lipinski definition) is 1. The van der Waals surface area contributed by atoms with Crippen LogP contribution < -0.4 is 0 Å². The van der Waals surface area contributed by atoms with Gasteiger partial charge in [0.05, 0.1) is 10.5 Å². The molecule has 1 rings (SSSR count). The summed E-state index contributed by atoms with van der Waals surface area (Å²) >= 11 is 2.97. The van der Waals surface area contributed by atoms with E-state index in [0.29, 0.717) is 15.7 Å². The molecule has 0 bridgehead atoms. The number of rotatable bonds is 0. The van der Waals surface area contributed by atoms with Crippen molar-refractivity contribution in [3.05, 3.63) is 33.0 Å². The molecular weight excluding hydrogens is 298 g/mol. The number of diazo groups is 1. The summed E-state index contributed by atoms with van der Waals surface area (Å²) in [6.07, 6.45) is 0. The predicted molar refractivity (Wildman–Crippen MR) is 53.8 cm³/mol. The minimum atomic E-state index is -6.00. The molecule has 1 aromatic rings. The Bertz CT molecular complexity index is 408. The second kappa shape index (κ2) is 5.79. The Morgan fingerprint density at radius 3 is 2.06 bits per heavy atom. The van der Waals surface area contributed by atoms with Gasteiger partial charge in [0.25, 0.3) is 0 Å². The topological polar surface area (TPSA) is 28.1 Å². The van der Waals surface area contributed by atoms with Gasteiger partial charge in [-0.1, -0.05) is 0 Å². The summed E-state index contributed by atoms with van der Waals surface area (Å²) in [5, 5.41) is 8.42. The molecule has 2 nitrogen and oxygen atoms in total. The fourth-order valence-electron chi connectivity index (χ4n) is 0.744. The Morgan fingerprint density at radius 1 is 1.25 bits per heavy atom. The Labute approximate surface area is 96.3 Å². The lowest BCUT2D eigenvalue weighted by Crippen LogP contribution is -2.02. The summed E-state index contributed by atoms with van der Waals surface area (Å²) in [7, 11) is -6.00. The van der Waals surface area contributed by atoms with Crippen molar-refractivity contribution in [1.82, 2.24) is 0 Å². The first-order chi connectivity index (χ1) is 7.15. The molecule has 0 unspecified atom stereocenters. The molecule has 16 heavy (non-hydrogen) atoms. The number of nitrogens with zero attached hydrogens (tertiary/aromatic N) is 2. The molecule has 0 aliphatic rings. The summed E-state index contributed by atoms with van der Waals surface area (Å²) in [6, 6.07) is 2.73. The summed E-state index contributed by atoms with van der Waals surface area (Å²) in [5.74, 6) is -0.352. The maximum atomic E-state index is 12.7. The average Bonchev–Trinajstić information content (AvgIpc) is 2.08. The largest absolute Gasteiger partial charge is 0.673 e. The molecule has 0 heterocycles. The summed E-state index contributed by atoms with van der Waals surface area (Å²) in [6.45, 7) is 1.67. The molecule has 88 valence electrons. The molecule has 0 amide bonds. The van der Waals surface area contributed by atoms with Crippen molar-refractivity contribution in [2.24, 2.45) is 0 Å². The van der Waals surface area contributed by atoms with E-state index in [9.17, 15) is 21.7 Å². The van der Waals surface area contributed by atoms with E-state index in [1.165, 1.54) is 12.1 Å². The molecule has 0 saturated heterocycles. The molecule has 0 N–H and O–H groups in total. The van der Waals surface area contributed by atoms with Crippen LogP contribution in [0.2, 0.25) is 0 Å². The van der Waals surface area contributed by atoms with Gasteiger partial charge in [0.15, 0.2) is 4.98 Å². The highest BCUT2D eigenvalue weighted by molar-refractivity contribution is 9.10. The molecule has 0 fully saturated rings. The van der Waals surface area contributed by atoms with Crippen LogP contribution in [0.15, 0.2) is 16.6 Å². The number of hydrogen-bond donors (Lipinski definition) is 0. The highest BCUT2D eigenvalue weighted by Crippen LogP contribution is 2.25. The van der Waals surface area contributed by atoms with Crippen LogP contribution in [0.25, 0.3) is 4.98 Å². The molecule has 0 atom stereocenters. The van der Waals surface area contributed by atoms with E-state index in [0.717, 1.165) is 0 Å². The van der Waals surface area contributed by atoms with Crippen LogP contribution in [0, 0.1) is 18.1 Å². The maximum Gasteiger partial charge on any atom is 0.673 e. The van der Waals surface area contributed by atoms with Crippen LogP contribution in [-0.4, -0.2) is 7.25 Å². The first kappa shape index (κ1) is 14.8. The van der Waals surface area contributed by atoms with Crippen molar-refractivity contribution in [3.63, 3.8) is 0 Å². The zero-order chi connectivity index (χ0) is 12.9. The van der Waals surface area contributed by atoms with Gasteiger partial charge in [-0.3, -0.25) is 0 Å². The van der Waals surface area contributed by atoms with E-state index in [-0.39, 0.29) is 5.82 Å². The van der Waals surface area contributed by atoms with Crippen molar-refractivity contribution in [2.75, 3.05) is 0 Å².